The van der Waals surface area contributed by atoms with E-state index >= 15 is 0 Å². The van der Waals surface area contributed by atoms with Crippen molar-refractivity contribution >= 4 is 0 Å². The van der Waals surface area contributed by atoms with Crippen LogP contribution in [0.4, 0.5) is 0 Å². The van der Waals surface area contributed by atoms with Gasteiger partial charge in [0.25, 0.3) is 0 Å². The Morgan fingerprint density at radius 3 is 2.61 bits per heavy atom. The Morgan fingerprint density at radius 2 is 1.94 bits per heavy atom. The number of nitrogens with zero attached hydrogens (tertiary/aromatic N) is 2. The maximum atomic E-state index is 9.90. The summed E-state index contributed by atoms with van der Waals surface area (Å²) in [5.41, 5.74) is 2.30. The Hall–Kier alpha value is -1.61. The molecule has 18 heavy (non-hydrogen) atoms. The van der Waals surface area contributed by atoms with Crippen LogP contribution in [0, 0.1) is 5.92 Å². The summed E-state index contributed by atoms with van der Waals surface area (Å²) in [5, 5.41) is 14.3. The fraction of sp³-hybridized carbons (Fsp3) is 0.400. The highest BCUT2D eigenvalue weighted by atomic mass is 16.3. The summed E-state index contributed by atoms with van der Waals surface area (Å²) in [7, 11) is 0. The van der Waals surface area contributed by atoms with Crippen molar-refractivity contribution in [2.45, 2.75) is 31.8 Å². The normalized spacial score (nSPS) is 27.6. The van der Waals surface area contributed by atoms with E-state index in [9.17, 15) is 5.11 Å². The van der Waals surface area contributed by atoms with Crippen LogP contribution in [0.5, 0.6) is 0 Å². The lowest BCUT2D eigenvalue weighted by Crippen LogP contribution is -2.16. The number of rotatable bonds is 2. The molecule has 3 nitrogen and oxygen atoms in total. The summed E-state index contributed by atoms with van der Waals surface area (Å²) in [6.07, 6.45) is 3.61. The SMILES string of the molecule is CC1C(O)CCC1c1ccnn1-c1ccccc1. The molecule has 1 heterocycles. The van der Waals surface area contributed by atoms with Gasteiger partial charge in [0.2, 0.25) is 0 Å². The first-order valence-electron chi connectivity index (χ1n) is 6.55. The average molecular weight is 242 g/mol. The zero-order valence-electron chi connectivity index (χ0n) is 10.5. The van der Waals surface area contributed by atoms with Gasteiger partial charge in [0.1, 0.15) is 0 Å². The predicted molar refractivity (Wildman–Crippen MR) is 70.7 cm³/mol. The summed E-state index contributed by atoms with van der Waals surface area (Å²) >= 11 is 0. The zero-order valence-corrected chi connectivity index (χ0v) is 10.5. The van der Waals surface area contributed by atoms with E-state index in [2.05, 4.69) is 30.2 Å². The summed E-state index contributed by atoms with van der Waals surface area (Å²) in [4.78, 5) is 0. The molecule has 1 N–H and O–H groups in total. The van der Waals surface area contributed by atoms with Gasteiger partial charge in [0, 0.05) is 17.8 Å². The van der Waals surface area contributed by atoms with Gasteiger partial charge in [0.15, 0.2) is 0 Å². The smallest absolute Gasteiger partial charge is 0.0648 e. The second-order valence-electron chi connectivity index (χ2n) is 5.11. The molecule has 1 aliphatic rings. The highest BCUT2D eigenvalue weighted by Gasteiger charge is 2.34. The van der Waals surface area contributed by atoms with E-state index in [1.165, 1.54) is 5.69 Å². The Kier molecular flexibility index (Phi) is 2.92. The fourth-order valence-corrected chi connectivity index (χ4v) is 2.94. The molecule has 0 radical (unpaired) electrons. The topological polar surface area (TPSA) is 38.1 Å². The molecule has 2 aromatic rings. The van der Waals surface area contributed by atoms with Gasteiger partial charge >= 0.3 is 0 Å². The Labute approximate surface area is 107 Å². The van der Waals surface area contributed by atoms with E-state index < -0.39 is 0 Å². The summed E-state index contributed by atoms with van der Waals surface area (Å²) in [6.45, 7) is 2.13. The van der Waals surface area contributed by atoms with Gasteiger partial charge in [-0.1, -0.05) is 25.1 Å². The van der Waals surface area contributed by atoms with Crippen molar-refractivity contribution in [2.75, 3.05) is 0 Å². The van der Waals surface area contributed by atoms with Crippen molar-refractivity contribution in [3.8, 4) is 5.69 Å². The monoisotopic (exact) mass is 242 g/mol. The summed E-state index contributed by atoms with van der Waals surface area (Å²) < 4.78 is 2.00. The van der Waals surface area contributed by atoms with Crippen molar-refractivity contribution in [1.82, 2.24) is 9.78 Å². The highest BCUT2D eigenvalue weighted by Crippen LogP contribution is 2.39. The lowest BCUT2D eigenvalue weighted by Gasteiger charge is -2.19. The molecule has 0 bridgehead atoms. The molecule has 1 aromatic heterocycles. The third-order valence-corrected chi connectivity index (χ3v) is 4.07. The highest BCUT2D eigenvalue weighted by molar-refractivity contribution is 5.33. The van der Waals surface area contributed by atoms with E-state index in [1.807, 2.05) is 29.1 Å². The number of aliphatic hydroxyl groups is 1. The Balaban J connectivity index is 1.98. The van der Waals surface area contributed by atoms with Crippen molar-refractivity contribution in [2.24, 2.45) is 5.92 Å². The lowest BCUT2D eigenvalue weighted by atomic mass is 9.93. The van der Waals surface area contributed by atoms with Crippen LogP contribution in [0.3, 0.4) is 0 Å². The molecule has 94 valence electrons. The molecule has 3 rings (SSSR count). The van der Waals surface area contributed by atoms with Gasteiger partial charge in [0.05, 0.1) is 11.8 Å². The second-order valence-corrected chi connectivity index (χ2v) is 5.11. The van der Waals surface area contributed by atoms with Gasteiger partial charge in [-0.05, 0) is 37.0 Å². The van der Waals surface area contributed by atoms with Crippen molar-refractivity contribution in [3.63, 3.8) is 0 Å². The molecule has 1 aromatic carbocycles. The predicted octanol–water partition coefficient (Wildman–Crippen LogP) is 2.75. The number of aromatic nitrogens is 2. The van der Waals surface area contributed by atoms with E-state index in [-0.39, 0.29) is 6.10 Å². The van der Waals surface area contributed by atoms with Crippen molar-refractivity contribution in [1.29, 1.82) is 0 Å². The molecule has 3 heteroatoms. The summed E-state index contributed by atoms with van der Waals surface area (Å²) in [5.74, 6) is 0.715. The zero-order chi connectivity index (χ0) is 12.5. The van der Waals surface area contributed by atoms with Crippen LogP contribution in [-0.2, 0) is 0 Å². The Bertz CT molecular complexity index is 520. The maximum Gasteiger partial charge on any atom is 0.0648 e. The molecule has 0 amide bonds. The van der Waals surface area contributed by atoms with Gasteiger partial charge in [-0.2, -0.15) is 5.10 Å². The van der Waals surface area contributed by atoms with Crippen LogP contribution in [-0.4, -0.2) is 21.0 Å². The van der Waals surface area contributed by atoms with Crippen molar-refractivity contribution < 1.29 is 5.11 Å². The largest absolute Gasteiger partial charge is 0.393 e. The minimum atomic E-state index is -0.172. The van der Waals surface area contributed by atoms with Crippen LogP contribution in [0.15, 0.2) is 42.6 Å². The second kappa shape index (κ2) is 4.58. The van der Waals surface area contributed by atoms with Crippen LogP contribution >= 0.6 is 0 Å². The molecule has 1 fully saturated rings. The molecule has 0 spiro atoms. The van der Waals surface area contributed by atoms with E-state index in [4.69, 9.17) is 0 Å². The molecule has 3 atom stereocenters. The van der Waals surface area contributed by atoms with Gasteiger partial charge < -0.3 is 5.11 Å². The number of benzene rings is 1. The van der Waals surface area contributed by atoms with Crippen LogP contribution in [0.2, 0.25) is 0 Å². The van der Waals surface area contributed by atoms with Crippen LogP contribution in [0.1, 0.15) is 31.4 Å². The van der Waals surface area contributed by atoms with Gasteiger partial charge in [-0.3, -0.25) is 0 Å². The number of para-hydroxylation sites is 1. The molecule has 0 saturated heterocycles. The van der Waals surface area contributed by atoms with E-state index in [0.29, 0.717) is 11.8 Å². The minimum Gasteiger partial charge on any atom is -0.393 e. The molecule has 3 unspecified atom stereocenters. The quantitative estimate of drug-likeness (QED) is 0.879. The third kappa shape index (κ3) is 1.85. The molecule has 1 saturated carbocycles. The van der Waals surface area contributed by atoms with Gasteiger partial charge in [-0.25, -0.2) is 4.68 Å². The lowest BCUT2D eigenvalue weighted by molar-refractivity contribution is 0.136. The van der Waals surface area contributed by atoms with Crippen LogP contribution < -0.4 is 0 Å². The maximum absolute atomic E-state index is 9.90. The average Bonchev–Trinajstić information content (AvgIpc) is 2.99. The number of hydrogen-bond acceptors (Lipinski definition) is 2. The first kappa shape index (κ1) is 11.5. The number of aliphatic hydroxyl groups excluding tert-OH is 1. The van der Waals surface area contributed by atoms with E-state index in [1.54, 1.807) is 0 Å². The third-order valence-electron chi connectivity index (χ3n) is 4.07. The first-order valence-corrected chi connectivity index (χ1v) is 6.55. The molecular weight excluding hydrogens is 224 g/mol. The Morgan fingerprint density at radius 1 is 1.17 bits per heavy atom. The molecule has 1 aliphatic carbocycles. The fourth-order valence-electron chi connectivity index (χ4n) is 2.94. The first-order chi connectivity index (χ1) is 8.77. The minimum absolute atomic E-state index is 0.172. The van der Waals surface area contributed by atoms with Gasteiger partial charge in [-0.15, -0.1) is 0 Å². The summed E-state index contributed by atoms with van der Waals surface area (Å²) in [6, 6.07) is 12.3. The van der Waals surface area contributed by atoms with Crippen molar-refractivity contribution in [3.05, 3.63) is 48.3 Å². The van der Waals surface area contributed by atoms with Crippen LogP contribution in [0.25, 0.3) is 5.69 Å². The molecular formula is C15H18N2O. The number of hydrogen-bond donors (Lipinski definition) is 1. The van der Waals surface area contributed by atoms with E-state index in [0.717, 1.165) is 18.5 Å². The molecule has 0 aliphatic heterocycles. The standard InChI is InChI=1S/C15H18N2O/c1-11-13(7-8-15(11)18)14-9-10-16-17(14)12-5-3-2-4-6-12/h2-6,9-11,13,15,18H,7-8H2,1H3.